The first kappa shape index (κ1) is 12.6. The number of aromatic amines is 1. The van der Waals surface area contributed by atoms with E-state index in [-0.39, 0.29) is 0 Å². The number of nitriles is 1. The Hall–Kier alpha value is -2.46. The third-order valence-corrected chi connectivity index (χ3v) is 3.25. The molecular formula is C13H8BrN5O. The van der Waals surface area contributed by atoms with Gasteiger partial charge in [-0.3, -0.25) is 5.10 Å². The van der Waals surface area contributed by atoms with E-state index in [1.165, 1.54) is 6.20 Å². The molecule has 0 aliphatic rings. The van der Waals surface area contributed by atoms with Gasteiger partial charge in [0, 0.05) is 10.9 Å². The fraction of sp³-hybridized carbons (Fsp3) is 0.0769. The molecule has 3 rings (SSSR count). The van der Waals surface area contributed by atoms with Crippen molar-refractivity contribution in [2.45, 2.75) is 6.42 Å². The predicted molar refractivity (Wildman–Crippen MR) is 73.5 cm³/mol. The molecule has 0 saturated carbocycles. The van der Waals surface area contributed by atoms with E-state index in [0.717, 1.165) is 10.0 Å². The maximum Gasteiger partial charge on any atom is 0.262 e. The van der Waals surface area contributed by atoms with Crippen LogP contribution in [0, 0.1) is 11.3 Å². The van der Waals surface area contributed by atoms with Gasteiger partial charge in [0.05, 0.1) is 11.8 Å². The lowest BCUT2D eigenvalue weighted by atomic mass is 10.1. The molecule has 20 heavy (non-hydrogen) atoms. The Morgan fingerprint density at radius 2 is 2.10 bits per heavy atom. The fourth-order valence-electron chi connectivity index (χ4n) is 1.75. The quantitative estimate of drug-likeness (QED) is 0.797. The van der Waals surface area contributed by atoms with E-state index < -0.39 is 0 Å². The Balaban J connectivity index is 1.84. The van der Waals surface area contributed by atoms with Gasteiger partial charge in [-0.05, 0) is 17.7 Å². The normalized spacial score (nSPS) is 10.4. The molecule has 1 aromatic carbocycles. The van der Waals surface area contributed by atoms with Gasteiger partial charge in [0.25, 0.3) is 5.89 Å². The minimum atomic E-state index is 0.294. The first-order valence-electron chi connectivity index (χ1n) is 5.77. The number of benzene rings is 1. The third-order valence-electron chi connectivity index (χ3n) is 2.73. The van der Waals surface area contributed by atoms with Gasteiger partial charge in [0.15, 0.2) is 5.82 Å². The average Bonchev–Trinajstić information content (AvgIpc) is 3.09. The zero-order valence-electron chi connectivity index (χ0n) is 10.2. The summed E-state index contributed by atoms with van der Waals surface area (Å²) in [7, 11) is 0. The van der Waals surface area contributed by atoms with Crippen molar-refractivity contribution in [1.29, 1.82) is 5.26 Å². The van der Waals surface area contributed by atoms with Crippen LogP contribution in [0.15, 0.2) is 39.5 Å². The standard InChI is InChI=1S/C13H8BrN5O/c14-9-3-1-8(2-4-9)5-12-17-13(20-19-12)10-7-16-18-11(10)6-15/h1-4,7H,5H2,(H,16,18). The molecule has 0 spiro atoms. The molecule has 98 valence electrons. The average molecular weight is 330 g/mol. The second kappa shape index (κ2) is 5.27. The molecule has 0 saturated heterocycles. The summed E-state index contributed by atoms with van der Waals surface area (Å²) in [4.78, 5) is 4.28. The van der Waals surface area contributed by atoms with Crippen LogP contribution in [0.25, 0.3) is 11.5 Å². The third kappa shape index (κ3) is 2.46. The van der Waals surface area contributed by atoms with Crippen molar-refractivity contribution in [3.8, 4) is 17.5 Å². The highest BCUT2D eigenvalue weighted by Crippen LogP contribution is 2.20. The number of halogens is 1. The molecule has 0 unspecified atom stereocenters. The van der Waals surface area contributed by atoms with E-state index in [4.69, 9.17) is 9.78 Å². The lowest BCUT2D eigenvalue weighted by Gasteiger charge is -1.96. The van der Waals surface area contributed by atoms with Crippen LogP contribution in [0.3, 0.4) is 0 Å². The molecule has 0 amide bonds. The van der Waals surface area contributed by atoms with Gasteiger partial charge in [-0.15, -0.1) is 0 Å². The van der Waals surface area contributed by atoms with E-state index >= 15 is 0 Å². The van der Waals surface area contributed by atoms with E-state index in [9.17, 15) is 0 Å². The van der Waals surface area contributed by atoms with Crippen LogP contribution < -0.4 is 0 Å². The second-order valence-corrected chi connectivity index (χ2v) is 5.01. The SMILES string of the molecule is N#Cc1[nH]ncc1-c1nc(Cc2ccc(Br)cc2)no1. The monoisotopic (exact) mass is 329 g/mol. The largest absolute Gasteiger partial charge is 0.334 e. The topological polar surface area (TPSA) is 91.4 Å². The molecule has 0 radical (unpaired) electrons. The van der Waals surface area contributed by atoms with E-state index in [1.807, 2.05) is 30.3 Å². The highest BCUT2D eigenvalue weighted by Gasteiger charge is 2.14. The fourth-order valence-corrected chi connectivity index (χ4v) is 2.02. The van der Waals surface area contributed by atoms with Gasteiger partial charge in [0.1, 0.15) is 11.8 Å². The smallest absolute Gasteiger partial charge is 0.262 e. The van der Waals surface area contributed by atoms with Crippen LogP contribution in [0.2, 0.25) is 0 Å². The van der Waals surface area contributed by atoms with Crippen LogP contribution >= 0.6 is 15.9 Å². The first-order valence-corrected chi connectivity index (χ1v) is 6.56. The Morgan fingerprint density at radius 1 is 1.30 bits per heavy atom. The number of nitrogens with zero attached hydrogens (tertiary/aromatic N) is 4. The van der Waals surface area contributed by atoms with Gasteiger partial charge in [0.2, 0.25) is 0 Å². The molecular weight excluding hydrogens is 322 g/mol. The molecule has 0 fully saturated rings. The Morgan fingerprint density at radius 3 is 2.85 bits per heavy atom. The van der Waals surface area contributed by atoms with Crippen molar-refractivity contribution in [2.75, 3.05) is 0 Å². The number of hydrogen-bond acceptors (Lipinski definition) is 5. The molecule has 0 bridgehead atoms. The number of aromatic nitrogens is 4. The van der Waals surface area contributed by atoms with Crippen LogP contribution in [0.1, 0.15) is 17.1 Å². The predicted octanol–water partition coefficient (Wildman–Crippen LogP) is 2.68. The number of nitrogens with one attached hydrogen (secondary N) is 1. The molecule has 0 aliphatic carbocycles. The summed E-state index contributed by atoms with van der Waals surface area (Å²) in [5, 5.41) is 19.2. The molecule has 2 heterocycles. The van der Waals surface area contributed by atoms with Crippen molar-refractivity contribution in [2.24, 2.45) is 0 Å². The highest BCUT2D eigenvalue weighted by molar-refractivity contribution is 9.10. The molecule has 0 atom stereocenters. The highest BCUT2D eigenvalue weighted by atomic mass is 79.9. The molecule has 3 aromatic rings. The van der Waals surface area contributed by atoms with Crippen molar-refractivity contribution >= 4 is 15.9 Å². The summed E-state index contributed by atoms with van der Waals surface area (Å²) in [6.07, 6.45) is 2.06. The Labute approximate surface area is 122 Å². The molecule has 2 aromatic heterocycles. The zero-order valence-corrected chi connectivity index (χ0v) is 11.8. The van der Waals surface area contributed by atoms with Crippen molar-refractivity contribution in [1.82, 2.24) is 20.3 Å². The molecule has 1 N–H and O–H groups in total. The van der Waals surface area contributed by atoms with Crippen LogP contribution in [0.4, 0.5) is 0 Å². The van der Waals surface area contributed by atoms with Gasteiger partial charge >= 0.3 is 0 Å². The molecule has 6 nitrogen and oxygen atoms in total. The van der Waals surface area contributed by atoms with Crippen molar-refractivity contribution < 1.29 is 4.52 Å². The minimum absolute atomic E-state index is 0.294. The molecule has 0 aliphatic heterocycles. The minimum Gasteiger partial charge on any atom is -0.334 e. The lowest BCUT2D eigenvalue weighted by Crippen LogP contribution is -1.90. The van der Waals surface area contributed by atoms with Crippen molar-refractivity contribution in [3.05, 3.63) is 52.0 Å². The van der Waals surface area contributed by atoms with Crippen LogP contribution in [0.5, 0.6) is 0 Å². The second-order valence-electron chi connectivity index (χ2n) is 4.09. The lowest BCUT2D eigenvalue weighted by molar-refractivity contribution is 0.424. The summed E-state index contributed by atoms with van der Waals surface area (Å²) in [5.41, 5.74) is 1.90. The van der Waals surface area contributed by atoms with Gasteiger partial charge in [-0.2, -0.15) is 15.3 Å². The Bertz CT molecular complexity index is 769. The number of H-pyrrole nitrogens is 1. The van der Waals surface area contributed by atoms with Crippen LogP contribution in [-0.4, -0.2) is 20.3 Å². The van der Waals surface area contributed by atoms with E-state index in [1.54, 1.807) is 0 Å². The first-order chi connectivity index (χ1) is 9.76. The summed E-state index contributed by atoms with van der Waals surface area (Å²) >= 11 is 3.39. The Kier molecular flexibility index (Phi) is 3.31. The summed E-state index contributed by atoms with van der Waals surface area (Å²) < 4.78 is 6.19. The van der Waals surface area contributed by atoms with E-state index in [2.05, 4.69) is 36.3 Å². The maximum absolute atomic E-state index is 8.92. The maximum atomic E-state index is 8.92. The van der Waals surface area contributed by atoms with Crippen molar-refractivity contribution in [3.63, 3.8) is 0 Å². The van der Waals surface area contributed by atoms with Gasteiger partial charge in [-0.25, -0.2) is 0 Å². The number of hydrogen-bond donors (Lipinski definition) is 1. The summed E-state index contributed by atoms with van der Waals surface area (Å²) in [6.45, 7) is 0. The molecule has 7 heteroatoms. The number of rotatable bonds is 3. The zero-order chi connectivity index (χ0) is 13.9. The van der Waals surface area contributed by atoms with Crippen LogP contribution in [-0.2, 0) is 6.42 Å². The van der Waals surface area contributed by atoms with Gasteiger partial charge in [-0.1, -0.05) is 33.2 Å². The van der Waals surface area contributed by atoms with Gasteiger partial charge < -0.3 is 4.52 Å². The summed E-state index contributed by atoms with van der Waals surface area (Å²) in [6, 6.07) is 9.87. The summed E-state index contributed by atoms with van der Waals surface area (Å²) in [5.74, 6) is 0.856. The van der Waals surface area contributed by atoms with E-state index in [0.29, 0.717) is 29.4 Å².